The molecule has 2 rings (SSSR count). The molecule has 0 radical (unpaired) electrons. The second-order valence-corrected chi connectivity index (χ2v) is 7.07. The number of halogens is 6. The molecule has 0 aromatic heterocycles. The van der Waals surface area contributed by atoms with E-state index in [9.17, 15) is 26.3 Å². The Morgan fingerprint density at radius 2 is 1.52 bits per heavy atom. The quantitative estimate of drug-likeness (QED) is 0.597. The molecule has 2 saturated carbocycles. The lowest BCUT2D eigenvalue weighted by Crippen LogP contribution is -2.60. The third-order valence-electron chi connectivity index (χ3n) is 5.92. The minimum atomic E-state index is -5.82. The van der Waals surface area contributed by atoms with Crippen molar-refractivity contribution in [1.29, 1.82) is 0 Å². The summed E-state index contributed by atoms with van der Waals surface area (Å²) in [5.41, 5.74) is -4.81. The molecule has 0 aromatic carbocycles. The van der Waals surface area contributed by atoms with Gasteiger partial charge in [0, 0.05) is 6.61 Å². The van der Waals surface area contributed by atoms with Crippen LogP contribution in [0.3, 0.4) is 0 Å². The van der Waals surface area contributed by atoms with E-state index in [-0.39, 0.29) is 12.5 Å². The normalized spacial score (nSPS) is 35.1. The molecule has 23 heavy (non-hydrogen) atoms. The van der Waals surface area contributed by atoms with Crippen molar-refractivity contribution >= 4 is 0 Å². The molecular weight excluding hydrogens is 326 g/mol. The van der Waals surface area contributed by atoms with Gasteiger partial charge < -0.3 is 9.84 Å². The SMILES string of the molecule is CC1C2CC(CCOCC(O)(C(F)(F)F)C(F)(F)F)C(C2)C1C. The third kappa shape index (κ3) is 3.34. The number of ether oxygens (including phenoxy) is 1. The van der Waals surface area contributed by atoms with E-state index in [0.717, 1.165) is 12.8 Å². The molecule has 0 aliphatic heterocycles. The molecule has 2 nitrogen and oxygen atoms in total. The summed E-state index contributed by atoms with van der Waals surface area (Å²) in [5.74, 6) is 2.51. The van der Waals surface area contributed by atoms with Crippen LogP contribution in [0.25, 0.3) is 0 Å². The van der Waals surface area contributed by atoms with Crippen LogP contribution in [0, 0.1) is 29.6 Å². The molecule has 2 bridgehead atoms. The lowest BCUT2D eigenvalue weighted by molar-refractivity contribution is -0.378. The molecule has 0 aromatic rings. The van der Waals surface area contributed by atoms with Crippen molar-refractivity contribution in [3.8, 4) is 0 Å². The van der Waals surface area contributed by atoms with Crippen LogP contribution in [0.1, 0.15) is 33.1 Å². The Bertz CT molecular complexity index is 403. The minimum absolute atomic E-state index is 0.205. The largest absolute Gasteiger partial charge is 0.428 e. The van der Waals surface area contributed by atoms with Gasteiger partial charge in [-0.25, -0.2) is 0 Å². The molecule has 5 atom stereocenters. The molecule has 0 amide bonds. The van der Waals surface area contributed by atoms with Crippen molar-refractivity contribution in [2.45, 2.75) is 51.1 Å². The van der Waals surface area contributed by atoms with E-state index in [0.29, 0.717) is 30.1 Å². The molecule has 0 saturated heterocycles. The van der Waals surface area contributed by atoms with Crippen LogP contribution in [0.5, 0.6) is 0 Å². The van der Waals surface area contributed by atoms with Crippen LogP contribution >= 0.6 is 0 Å². The summed E-state index contributed by atoms with van der Waals surface area (Å²) in [6.45, 7) is 2.32. The fourth-order valence-corrected chi connectivity index (χ4v) is 4.21. The van der Waals surface area contributed by atoms with Crippen molar-refractivity contribution in [2.24, 2.45) is 29.6 Å². The first-order valence-corrected chi connectivity index (χ1v) is 7.82. The molecular formula is C15H22F6O2. The van der Waals surface area contributed by atoms with Crippen LogP contribution in [0.2, 0.25) is 0 Å². The van der Waals surface area contributed by atoms with E-state index in [2.05, 4.69) is 18.6 Å². The predicted octanol–water partition coefficient (Wildman–Crippen LogP) is 4.18. The summed E-state index contributed by atoms with van der Waals surface area (Å²) >= 11 is 0. The van der Waals surface area contributed by atoms with Crippen LogP contribution in [-0.4, -0.2) is 36.3 Å². The van der Waals surface area contributed by atoms with Gasteiger partial charge in [0.2, 0.25) is 0 Å². The van der Waals surface area contributed by atoms with Crippen molar-refractivity contribution in [2.75, 3.05) is 13.2 Å². The van der Waals surface area contributed by atoms with Gasteiger partial charge in [0.15, 0.2) is 0 Å². The van der Waals surface area contributed by atoms with Crippen molar-refractivity contribution in [1.82, 2.24) is 0 Å². The number of fused-ring (bicyclic) bond motifs is 2. The molecule has 1 N–H and O–H groups in total. The van der Waals surface area contributed by atoms with Crippen molar-refractivity contribution in [3.63, 3.8) is 0 Å². The van der Waals surface area contributed by atoms with E-state index in [4.69, 9.17) is 5.11 Å². The number of rotatable bonds is 5. The van der Waals surface area contributed by atoms with E-state index in [1.807, 2.05) is 0 Å². The average Bonchev–Trinajstić information content (AvgIpc) is 2.93. The Morgan fingerprint density at radius 1 is 0.957 bits per heavy atom. The molecule has 136 valence electrons. The van der Waals surface area contributed by atoms with E-state index in [1.165, 1.54) is 0 Å². The van der Waals surface area contributed by atoms with Gasteiger partial charge in [-0.3, -0.25) is 0 Å². The number of alkyl halides is 6. The first-order chi connectivity index (χ1) is 10.4. The van der Waals surface area contributed by atoms with Crippen LogP contribution in [-0.2, 0) is 4.74 Å². The fraction of sp³-hybridized carbons (Fsp3) is 1.00. The molecule has 8 heteroatoms. The zero-order valence-corrected chi connectivity index (χ0v) is 13.0. The highest BCUT2D eigenvalue weighted by Gasteiger charge is 2.70. The Hall–Kier alpha value is -0.500. The fourth-order valence-electron chi connectivity index (χ4n) is 4.21. The molecule has 0 spiro atoms. The molecule has 2 aliphatic rings. The first-order valence-electron chi connectivity index (χ1n) is 7.82. The summed E-state index contributed by atoms with van der Waals surface area (Å²) in [5, 5.41) is 8.98. The maximum atomic E-state index is 12.5. The minimum Gasteiger partial charge on any atom is -0.378 e. The Kier molecular flexibility index (Phi) is 4.99. The summed E-state index contributed by atoms with van der Waals surface area (Å²) < 4.78 is 79.6. The summed E-state index contributed by atoms with van der Waals surface area (Å²) in [6, 6.07) is 0. The van der Waals surface area contributed by atoms with E-state index < -0.39 is 24.6 Å². The van der Waals surface area contributed by atoms with Gasteiger partial charge in [0.1, 0.15) is 0 Å². The highest BCUT2D eigenvalue weighted by Crippen LogP contribution is 2.55. The molecule has 5 unspecified atom stereocenters. The second-order valence-electron chi connectivity index (χ2n) is 7.07. The van der Waals surface area contributed by atoms with Gasteiger partial charge >= 0.3 is 12.4 Å². The second kappa shape index (κ2) is 6.10. The first kappa shape index (κ1) is 18.8. The van der Waals surface area contributed by atoms with E-state index >= 15 is 0 Å². The van der Waals surface area contributed by atoms with Gasteiger partial charge in [-0.05, 0) is 48.9 Å². The van der Waals surface area contributed by atoms with Gasteiger partial charge in [0.05, 0.1) is 6.61 Å². The molecule has 2 fully saturated rings. The number of aliphatic hydroxyl groups is 1. The van der Waals surface area contributed by atoms with Gasteiger partial charge in [0.25, 0.3) is 5.60 Å². The van der Waals surface area contributed by atoms with Gasteiger partial charge in [-0.1, -0.05) is 13.8 Å². The maximum absolute atomic E-state index is 12.5. The number of hydrogen-bond donors (Lipinski definition) is 1. The average molecular weight is 348 g/mol. The topological polar surface area (TPSA) is 29.5 Å². The van der Waals surface area contributed by atoms with Crippen LogP contribution in [0.15, 0.2) is 0 Å². The van der Waals surface area contributed by atoms with Crippen LogP contribution in [0.4, 0.5) is 26.3 Å². The maximum Gasteiger partial charge on any atom is 0.428 e. The van der Waals surface area contributed by atoms with Crippen molar-refractivity contribution in [3.05, 3.63) is 0 Å². The highest BCUT2D eigenvalue weighted by atomic mass is 19.4. The summed E-state index contributed by atoms with van der Waals surface area (Å²) in [7, 11) is 0. The lowest BCUT2D eigenvalue weighted by atomic mass is 9.75. The zero-order chi connectivity index (χ0) is 17.6. The Balaban J connectivity index is 1.83. The van der Waals surface area contributed by atoms with E-state index in [1.54, 1.807) is 0 Å². The smallest absolute Gasteiger partial charge is 0.378 e. The van der Waals surface area contributed by atoms with Gasteiger partial charge in [-0.15, -0.1) is 0 Å². The highest BCUT2D eigenvalue weighted by molar-refractivity contribution is 4.97. The molecule has 2 aliphatic carbocycles. The van der Waals surface area contributed by atoms with Crippen LogP contribution < -0.4 is 0 Å². The lowest BCUT2D eigenvalue weighted by Gasteiger charge is -2.33. The standard InChI is InChI=1S/C15H22F6O2/c1-8-9(2)12-6-11(8)5-10(12)3-4-23-7-13(22,14(16,17)18)15(19,20)21/h8-12,22H,3-7H2,1-2H3. The number of hydrogen-bond acceptors (Lipinski definition) is 2. The van der Waals surface area contributed by atoms with Gasteiger partial charge in [-0.2, -0.15) is 26.3 Å². The zero-order valence-electron chi connectivity index (χ0n) is 13.0. The third-order valence-corrected chi connectivity index (χ3v) is 5.92. The monoisotopic (exact) mass is 348 g/mol. The van der Waals surface area contributed by atoms with Crippen molar-refractivity contribution < 1.29 is 36.2 Å². The summed E-state index contributed by atoms with van der Waals surface area (Å²) in [6.07, 6.45) is -9.16. The Morgan fingerprint density at radius 3 is 1.96 bits per heavy atom. The predicted molar refractivity (Wildman–Crippen MR) is 70.5 cm³/mol. The molecule has 0 heterocycles. The summed E-state index contributed by atoms with van der Waals surface area (Å²) in [4.78, 5) is 0. The Labute approximate surface area is 131 Å².